The van der Waals surface area contributed by atoms with Gasteiger partial charge in [-0.3, -0.25) is 4.79 Å². The summed E-state index contributed by atoms with van der Waals surface area (Å²) in [5, 5.41) is 13.6. The minimum Gasteiger partial charge on any atom is -0.503 e. The zero-order valence-corrected chi connectivity index (χ0v) is 16.4. The molecule has 0 spiro atoms. The zero-order valence-electron chi connectivity index (χ0n) is 15.6. The maximum absolute atomic E-state index is 12.6. The summed E-state index contributed by atoms with van der Waals surface area (Å²) in [4.78, 5) is 20.3. The van der Waals surface area contributed by atoms with Crippen LogP contribution in [0.15, 0.2) is 35.6 Å². The molecule has 10 heteroatoms. The number of aromatic nitrogens is 2. The maximum Gasteiger partial charge on any atom is 0.417 e. The molecule has 1 amide bonds. The van der Waals surface area contributed by atoms with Crippen LogP contribution in [0, 0.1) is 0 Å². The van der Waals surface area contributed by atoms with Crippen LogP contribution in [0.1, 0.15) is 41.7 Å². The van der Waals surface area contributed by atoms with Crippen LogP contribution in [0.5, 0.6) is 11.5 Å². The highest BCUT2D eigenvalue weighted by molar-refractivity contribution is 7.99. The molecule has 2 aromatic rings. The van der Waals surface area contributed by atoms with Crippen molar-refractivity contribution >= 4 is 17.7 Å². The lowest BCUT2D eigenvalue weighted by molar-refractivity contribution is -0.137. The van der Waals surface area contributed by atoms with Crippen molar-refractivity contribution in [3.63, 3.8) is 0 Å². The molecule has 2 unspecified atom stereocenters. The first kappa shape index (κ1) is 21.2. The number of methoxy groups -OCH3 is 1. The van der Waals surface area contributed by atoms with Gasteiger partial charge in [-0.15, -0.1) is 11.8 Å². The molecule has 6 nitrogen and oxygen atoms in total. The van der Waals surface area contributed by atoms with Crippen molar-refractivity contribution in [2.24, 2.45) is 0 Å². The number of rotatable bonds is 5. The van der Waals surface area contributed by atoms with Gasteiger partial charge in [0, 0.05) is 29.8 Å². The van der Waals surface area contributed by atoms with Crippen molar-refractivity contribution in [2.45, 2.75) is 48.2 Å². The molecule has 0 aromatic carbocycles. The van der Waals surface area contributed by atoms with Gasteiger partial charge in [0.2, 0.25) is 0 Å². The van der Waals surface area contributed by atoms with Crippen LogP contribution >= 0.6 is 11.8 Å². The van der Waals surface area contributed by atoms with Crippen LogP contribution in [-0.4, -0.2) is 39.4 Å². The van der Waals surface area contributed by atoms with Gasteiger partial charge in [-0.2, -0.15) is 13.2 Å². The Morgan fingerprint density at radius 2 is 2.07 bits per heavy atom. The molecule has 1 aliphatic carbocycles. The Balaban J connectivity index is 1.60. The average molecular weight is 427 g/mol. The summed E-state index contributed by atoms with van der Waals surface area (Å²) in [7, 11) is 1.38. The summed E-state index contributed by atoms with van der Waals surface area (Å²) >= 11 is 1.40. The molecule has 2 atom stereocenters. The SMILES string of the molecule is COc1ccnc(C(=O)NC2CCCC(Sc3ccc(C(F)(F)F)cn3)C2)c1O. The zero-order chi connectivity index (χ0) is 21.0. The lowest BCUT2D eigenvalue weighted by Crippen LogP contribution is -2.39. The Morgan fingerprint density at radius 3 is 2.72 bits per heavy atom. The average Bonchev–Trinajstić information content (AvgIpc) is 2.68. The molecule has 0 radical (unpaired) electrons. The smallest absolute Gasteiger partial charge is 0.417 e. The van der Waals surface area contributed by atoms with Gasteiger partial charge >= 0.3 is 6.18 Å². The number of pyridine rings is 2. The fourth-order valence-electron chi connectivity index (χ4n) is 3.19. The minimum absolute atomic E-state index is 0.108. The Labute approximate surface area is 169 Å². The number of halogens is 3. The van der Waals surface area contributed by atoms with Crippen LogP contribution in [0.3, 0.4) is 0 Å². The lowest BCUT2D eigenvalue weighted by Gasteiger charge is -2.29. The van der Waals surface area contributed by atoms with E-state index in [2.05, 4.69) is 15.3 Å². The molecule has 0 aliphatic heterocycles. The maximum atomic E-state index is 12.6. The van der Waals surface area contributed by atoms with Gasteiger partial charge < -0.3 is 15.2 Å². The van der Waals surface area contributed by atoms with Gasteiger partial charge in [0.1, 0.15) is 0 Å². The lowest BCUT2D eigenvalue weighted by atomic mass is 9.95. The second-order valence-corrected chi connectivity index (χ2v) is 7.99. The van der Waals surface area contributed by atoms with E-state index in [9.17, 15) is 23.1 Å². The normalized spacial score (nSPS) is 19.6. The van der Waals surface area contributed by atoms with Crippen LogP contribution < -0.4 is 10.1 Å². The molecule has 3 rings (SSSR count). The number of alkyl halides is 3. The third kappa shape index (κ3) is 5.31. The number of aromatic hydroxyl groups is 1. The predicted molar refractivity (Wildman–Crippen MR) is 101 cm³/mol. The van der Waals surface area contributed by atoms with Crippen molar-refractivity contribution in [1.82, 2.24) is 15.3 Å². The van der Waals surface area contributed by atoms with Crippen LogP contribution in [0.2, 0.25) is 0 Å². The molecule has 2 heterocycles. The standard InChI is InChI=1S/C19H20F3N3O3S/c1-28-14-7-8-23-16(17(14)26)18(27)25-12-3-2-4-13(9-12)29-15-6-5-11(10-24-15)19(20,21)22/h5-8,10,12-13,26H,2-4,9H2,1H3,(H,25,27). The molecular formula is C19H20F3N3O3S. The van der Waals surface area contributed by atoms with Crippen molar-refractivity contribution in [3.8, 4) is 11.5 Å². The summed E-state index contributed by atoms with van der Waals surface area (Å²) in [6, 6.07) is 3.72. The number of ether oxygens (including phenoxy) is 1. The monoisotopic (exact) mass is 427 g/mol. The quantitative estimate of drug-likeness (QED) is 0.749. The molecule has 1 aliphatic rings. The third-order valence-corrected chi connectivity index (χ3v) is 5.88. The molecule has 2 aromatic heterocycles. The van der Waals surface area contributed by atoms with E-state index >= 15 is 0 Å². The largest absolute Gasteiger partial charge is 0.503 e. The Morgan fingerprint density at radius 1 is 1.28 bits per heavy atom. The number of hydrogen-bond donors (Lipinski definition) is 2. The first-order valence-electron chi connectivity index (χ1n) is 9.00. The van der Waals surface area contributed by atoms with Crippen molar-refractivity contribution in [1.29, 1.82) is 0 Å². The van der Waals surface area contributed by atoms with Crippen LogP contribution in [0.4, 0.5) is 13.2 Å². The molecule has 2 N–H and O–H groups in total. The number of nitrogens with one attached hydrogen (secondary N) is 1. The minimum atomic E-state index is -4.41. The van der Waals surface area contributed by atoms with Crippen molar-refractivity contribution in [3.05, 3.63) is 41.9 Å². The van der Waals surface area contributed by atoms with E-state index in [1.807, 2.05) is 0 Å². The molecule has 0 bridgehead atoms. The topological polar surface area (TPSA) is 84.3 Å². The van der Waals surface area contributed by atoms with E-state index in [-0.39, 0.29) is 28.5 Å². The van der Waals surface area contributed by atoms with Gasteiger partial charge in [-0.25, -0.2) is 9.97 Å². The number of nitrogens with zero attached hydrogens (tertiary/aromatic N) is 2. The van der Waals surface area contributed by atoms with E-state index in [4.69, 9.17) is 4.74 Å². The van der Waals surface area contributed by atoms with E-state index in [1.54, 1.807) is 0 Å². The Bertz CT molecular complexity index is 862. The van der Waals surface area contributed by atoms with Gasteiger partial charge in [-0.1, -0.05) is 6.42 Å². The second-order valence-electron chi connectivity index (χ2n) is 6.67. The van der Waals surface area contributed by atoms with Gasteiger partial charge in [0.25, 0.3) is 5.91 Å². The molecule has 29 heavy (non-hydrogen) atoms. The van der Waals surface area contributed by atoms with Gasteiger partial charge in [0.15, 0.2) is 17.2 Å². The highest BCUT2D eigenvalue weighted by Gasteiger charge is 2.31. The van der Waals surface area contributed by atoms with Crippen LogP contribution in [-0.2, 0) is 6.18 Å². The highest BCUT2D eigenvalue weighted by Crippen LogP contribution is 2.35. The van der Waals surface area contributed by atoms with E-state index in [1.165, 1.54) is 37.2 Å². The fraction of sp³-hybridized carbons (Fsp3) is 0.421. The summed E-state index contributed by atoms with van der Waals surface area (Å²) in [5.41, 5.74) is -0.884. The molecule has 0 saturated heterocycles. The van der Waals surface area contributed by atoms with E-state index in [0.29, 0.717) is 11.4 Å². The summed E-state index contributed by atoms with van der Waals surface area (Å²) in [6.07, 6.45) is 0.960. The predicted octanol–water partition coefficient (Wildman–Crippen LogP) is 4.04. The molecule has 1 fully saturated rings. The number of carbonyl (C=O) groups excluding carboxylic acids is 1. The van der Waals surface area contributed by atoms with Crippen molar-refractivity contribution in [2.75, 3.05) is 7.11 Å². The first-order valence-corrected chi connectivity index (χ1v) is 9.88. The number of thioether (sulfide) groups is 1. The van der Waals surface area contributed by atoms with Gasteiger partial charge in [-0.05, 0) is 31.4 Å². The summed E-state index contributed by atoms with van der Waals surface area (Å²) < 4.78 is 42.9. The fourth-order valence-corrected chi connectivity index (χ4v) is 4.41. The number of hydrogen-bond acceptors (Lipinski definition) is 6. The Hall–Kier alpha value is -2.49. The van der Waals surface area contributed by atoms with Gasteiger partial charge in [0.05, 0.1) is 17.7 Å². The number of amides is 1. The van der Waals surface area contributed by atoms with E-state index in [0.717, 1.165) is 31.5 Å². The third-order valence-electron chi connectivity index (χ3n) is 4.63. The summed E-state index contributed by atoms with van der Waals surface area (Å²) in [5.74, 6) is -0.650. The Kier molecular flexibility index (Phi) is 6.51. The first-order chi connectivity index (χ1) is 13.8. The molecule has 1 saturated carbocycles. The number of carbonyl (C=O) groups is 1. The van der Waals surface area contributed by atoms with E-state index < -0.39 is 17.6 Å². The highest BCUT2D eigenvalue weighted by atomic mass is 32.2. The molecule has 156 valence electrons. The molecular weight excluding hydrogens is 407 g/mol. The van der Waals surface area contributed by atoms with Crippen molar-refractivity contribution < 1.29 is 27.8 Å². The summed E-state index contributed by atoms with van der Waals surface area (Å²) in [6.45, 7) is 0. The van der Waals surface area contributed by atoms with Crippen LogP contribution in [0.25, 0.3) is 0 Å². The second kappa shape index (κ2) is 8.89.